The van der Waals surface area contributed by atoms with Gasteiger partial charge in [0.15, 0.2) is 0 Å². The molecule has 118 valence electrons. The molecule has 0 bridgehead atoms. The lowest BCUT2D eigenvalue weighted by atomic mass is 9.98. The summed E-state index contributed by atoms with van der Waals surface area (Å²) in [6.45, 7) is 14.1. The Labute approximate surface area is 129 Å². The number of hydrogen-bond acceptors (Lipinski definition) is 4. The van der Waals surface area contributed by atoms with Crippen LogP contribution < -0.4 is 10.2 Å². The van der Waals surface area contributed by atoms with Gasteiger partial charge in [0.05, 0.1) is 0 Å². The van der Waals surface area contributed by atoms with E-state index in [9.17, 15) is 0 Å². The Bertz CT molecular complexity index is 470. The van der Waals surface area contributed by atoms with Gasteiger partial charge < -0.3 is 10.2 Å². The highest BCUT2D eigenvalue weighted by molar-refractivity contribution is 5.54. The second-order valence-corrected chi connectivity index (χ2v) is 6.79. The maximum atomic E-state index is 4.49. The molecule has 1 aliphatic rings. The molecule has 0 aliphatic carbocycles. The van der Waals surface area contributed by atoms with Gasteiger partial charge in [-0.1, -0.05) is 6.92 Å². The van der Waals surface area contributed by atoms with Crippen molar-refractivity contribution in [3.05, 3.63) is 23.5 Å². The van der Waals surface area contributed by atoms with Crippen LogP contribution in [0.1, 0.15) is 38.4 Å². The first-order valence-electron chi connectivity index (χ1n) is 8.06. The Balaban J connectivity index is 2.19. The molecule has 1 aliphatic heterocycles. The number of hydrogen-bond donors (Lipinski definition) is 1. The number of aromatic nitrogens is 1. The molecule has 0 atom stereocenters. The first-order chi connectivity index (χ1) is 9.94. The van der Waals surface area contributed by atoms with Gasteiger partial charge in [-0.15, -0.1) is 0 Å². The van der Waals surface area contributed by atoms with Crippen molar-refractivity contribution in [3.63, 3.8) is 0 Å². The van der Waals surface area contributed by atoms with E-state index in [-0.39, 0.29) is 5.54 Å². The minimum atomic E-state index is 0.212. The third-order valence-electron chi connectivity index (χ3n) is 4.50. The summed E-state index contributed by atoms with van der Waals surface area (Å²) in [5.74, 6) is 0. The summed E-state index contributed by atoms with van der Waals surface area (Å²) in [4.78, 5) is 9.46. The van der Waals surface area contributed by atoms with Crippen LogP contribution in [0.2, 0.25) is 0 Å². The number of likely N-dealkylation sites (N-methyl/N-ethyl adjacent to an activating group) is 1. The van der Waals surface area contributed by atoms with E-state index in [1.807, 2.05) is 6.20 Å². The molecule has 0 radical (unpaired) electrons. The van der Waals surface area contributed by atoms with Gasteiger partial charge in [-0.2, -0.15) is 0 Å². The van der Waals surface area contributed by atoms with E-state index in [2.05, 4.69) is 60.9 Å². The van der Waals surface area contributed by atoms with Gasteiger partial charge in [-0.05, 0) is 46.9 Å². The second-order valence-electron chi connectivity index (χ2n) is 6.79. The molecule has 1 aromatic heterocycles. The van der Waals surface area contributed by atoms with Crippen molar-refractivity contribution in [1.82, 2.24) is 15.2 Å². The monoisotopic (exact) mass is 290 g/mol. The van der Waals surface area contributed by atoms with Gasteiger partial charge in [0.1, 0.15) is 0 Å². The molecule has 2 rings (SSSR count). The Morgan fingerprint density at radius 2 is 2.10 bits per heavy atom. The van der Waals surface area contributed by atoms with Crippen LogP contribution in [0.15, 0.2) is 12.3 Å². The van der Waals surface area contributed by atoms with Crippen molar-refractivity contribution in [1.29, 1.82) is 0 Å². The topological polar surface area (TPSA) is 31.4 Å². The van der Waals surface area contributed by atoms with Gasteiger partial charge in [0.25, 0.3) is 0 Å². The third-order valence-corrected chi connectivity index (χ3v) is 4.50. The van der Waals surface area contributed by atoms with E-state index in [1.165, 1.54) is 11.3 Å². The standard InChI is InChI=1S/C17H30N4/c1-6-7-18-11-15-12-19-14(2)10-16(15)21-9-8-20(5)17(3,4)13-21/h10,12,18H,6-9,11,13H2,1-5H3. The second kappa shape index (κ2) is 6.75. The van der Waals surface area contributed by atoms with Crippen LogP contribution in [0.25, 0.3) is 0 Å². The van der Waals surface area contributed by atoms with Crippen molar-refractivity contribution in [3.8, 4) is 0 Å². The number of pyridine rings is 1. The quantitative estimate of drug-likeness (QED) is 0.844. The van der Waals surface area contributed by atoms with Crippen molar-refractivity contribution >= 4 is 5.69 Å². The molecule has 0 unspecified atom stereocenters. The van der Waals surface area contributed by atoms with Gasteiger partial charge in [-0.3, -0.25) is 9.88 Å². The molecule has 1 saturated heterocycles. The predicted octanol–water partition coefficient (Wildman–Crippen LogP) is 2.42. The molecular formula is C17H30N4. The lowest BCUT2D eigenvalue weighted by molar-refractivity contribution is 0.138. The number of anilines is 1. The van der Waals surface area contributed by atoms with E-state index in [0.717, 1.165) is 44.8 Å². The van der Waals surface area contributed by atoms with Crippen molar-refractivity contribution in [2.24, 2.45) is 0 Å². The van der Waals surface area contributed by atoms with Crippen LogP contribution in [-0.2, 0) is 6.54 Å². The van der Waals surface area contributed by atoms with Crippen molar-refractivity contribution in [2.45, 2.75) is 46.2 Å². The Kier molecular flexibility index (Phi) is 5.22. The molecule has 0 aromatic carbocycles. The highest BCUT2D eigenvalue weighted by Crippen LogP contribution is 2.27. The molecule has 0 spiro atoms. The molecule has 21 heavy (non-hydrogen) atoms. The van der Waals surface area contributed by atoms with E-state index in [4.69, 9.17) is 0 Å². The summed E-state index contributed by atoms with van der Waals surface area (Å²) in [6, 6.07) is 2.24. The summed E-state index contributed by atoms with van der Waals surface area (Å²) in [5.41, 5.74) is 3.98. The maximum absolute atomic E-state index is 4.49. The molecule has 1 aromatic rings. The zero-order chi connectivity index (χ0) is 15.5. The number of nitrogens with one attached hydrogen (secondary N) is 1. The smallest absolute Gasteiger partial charge is 0.0446 e. The van der Waals surface area contributed by atoms with Crippen LogP contribution in [0.5, 0.6) is 0 Å². The zero-order valence-electron chi connectivity index (χ0n) is 14.2. The fraction of sp³-hybridized carbons (Fsp3) is 0.706. The first-order valence-corrected chi connectivity index (χ1v) is 8.06. The summed E-state index contributed by atoms with van der Waals surface area (Å²) in [6.07, 6.45) is 3.20. The Morgan fingerprint density at radius 3 is 2.76 bits per heavy atom. The molecule has 4 heteroatoms. The molecule has 2 heterocycles. The third kappa shape index (κ3) is 3.95. The minimum Gasteiger partial charge on any atom is -0.368 e. The molecule has 4 nitrogen and oxygen atoms in total. The molecule has 0 saturated carbocycles. The highest BCUT2D eigenvalue weighted by Gasteiger charge is 2.31. The van der Waals surface area contributed by atoms with Crippen LogP contribution in [0.4, 0.5) is 5.69 Å². The normalized spacial score (nSPS) is 19.0. The summed E-state index contributed by atoms with van der Waals surface area (Å²) >= 11 is 0. The minimum absolute atomic E-state index is 0.212. The fourth-order valence-corrected chi connectivity index (χ4v) is 2.85. The maximum Gasteiger partial charge on any atom is 0.0446 e. The lowest BCUT2D eigenvalue weighted by Gasteiger charge is -2.46. The predicted molar refractivity (Wildman–Crippen MR) is 89.9 cm³/mol. The number of rotatable bonds is 5. The van der Waals surface area contributed by atoms with Gasteiger partial charge in [-0.25, -0.2) is 0 Å². The van der Waals surface area contributed by atoms with Gasteiger partial charge >= 0.3 is 0 Å². The number of aryl methyl sites for hydroxylation is 1. The zero-order valence-corrected chi connectivity index (χ0v) is 14.2. The molecule has 1 fully saturated rings. The average Bonchev–Trinajstić information content (AvgIpc) is 2.43. The average molecular weight is 290 g/mol. The van der Waals surface area contributed by atoms with Crippen molar-refractivity contribution < 1.29 is 0 Å². The van der Waals surface area contributed by atoms with E-state index >= 15 is 0 Å². The van der Waals surface area contributed by atoms with Crippen LogP contribution in [0.3, 0.4) is 0 Å². The van der Waals surface area contributed by atoms with Crippen LogP contribution in [-0.4, -0.2) is 48.6 Å². The summed E-state index contributed by atoms with van der Waals surface area (Å²) in [5, 5.41) is 3.50. The van der Waals surface area contributed by atoms with Crippen molar-refractivity contribution in [2.75, 3.05) is 38.1 Å². The summed E-state index contributed by atoms with van der Waals surface area (Å²) < 4.78 is 0. The SMILES string of the molecule is CCCNCc1cnc(C)cc1N1CCN(C)C(C)(C)C1. The fourth-order valence-electron chi connectivity index (χ4n) is 2.85. The highest BCUT2D eigenvalue weighted by atomic mass is 15.3. The van der Waals surface area contributed by atoms with E-state index in [0.29, 0.717) is 0 Å². The van der Waals surface area contributed by atoms with Gasteiger partial charge in [0, 0.05) is 54.9 Å². The first kappa shape index (κ1) is 16.2. The largest absolute Gasteiger partial charge is 0.368 e. The summed E-state index contributed by atoms with van der Waals surface area (Å²) in [7, 11) is 2.22. The molecule has 1 N–H and O–H groups in total. The lowest BCUT2D eigenvalue weighted by Crippen LogP contribution is -2.58. The number of piperazine rings is 1. The van der Waals surface area contributed by atoms with Gasteiger partial charge in [0.2, 0.25) is 0 Å². The van der Waals surface area contributed by atoms with Crippen LogP contribution >= 0.6 is 0 Å². The molecular weight excluding hydrogens is 260 g/mol. The molecule has 0 amide bonds. The van der Waals surface area contributed by atoms with Crippen LogP contribution in [0, 0.1) is 6.92 Å². The van der Waals surface area contributed by atoms with E-state index in [1.54, 1.807) is 0 Å². The number of nitrogens with zero attached hydrogens (tertiary/aromatic N) is 3. The Morgan fingerprint density at radius 1 is 1.33 bits per heavy atom. The van der Waals surface area contributed by atoms with E-state index < -0.39 is 0 Å². The Hall–Kier alpha value is -1.13.